The standard InChI is InChI=1S/C17H16N6O3/c1-26-13-9-5-8-12(10-13)20-17-21-15(18)14(23(24)25)16(22-17)19-11-6-3-2-4-7-11/h2-10H,1H3,(H4,18,19,20,21,22). The van der Waals surface area contributed by atoms with Crippen molar-refractivity contribution in [2.75, 3.05) is 23.5 Å². The van der Waals surface area contributed by atoms with E-state index < -0.39 is 4.92 Å². The molecule has 132 valence electrons. The maximum absolute atomic E-state index is 11.4. The van der Waals surface area contributed by atoms with E-state index in [4.69, 9.17) is 10.5 Å². The monoisotopic (exact) mass is 352 g/mol. The van der Waals surface area contributed by atoms with Gasteiger partial charge >= 0.3 is 5.69 Å². The van der Waals surface area contributed by atoms with Crippen molar-refractivity contribution in [2.24, 2.45) is 0 Å². The molecule has 2 aromatic carbocycles. The molecule has 0 fully saturated rings. The van der Waals surface area contributed by atoms with Crippen LogP contribution in [0.2, 0.25) is 0 Å². The average Bonchev–Trinajstić information content (AvgIpc) is 2.62. The first-order valence-electron chi connectivity index (χ1n) is 7.62. The van der Waals surface area contributed by atoms with Crippen LogP contribution in [0.25, 0.3) is 0 Å². The average molecular weight is 352 g/mol. The third-order valence-electron chi connectivity index (χ3n) is 3.46. The van der Waals surface area contributed by atoms with E-state index in [0.29, 0.717) is 17.1 Å². The predicted molar refractivity (Wildman–Crippen MR) is 99.1 cm³/mol. The van der Waals surface area contributed by atoms with Gasteiger partial charge in [-0.25, -0.2) is 0 Å². The number of nitrogen functional groups attached to an aromatic ring is 1. The molecule has 0 bridgehead atoms. The molecule has 0 aliphatic rings. The summed E-state index contributed by atoms with van der Waals surface area (Å²) in [5, 5.41) is 17.2. The Bertz CT molecular complexity index is 933. The first-order chi connectivity index (χ1) is 12.6. The van der Waals surface area contributed by atoms with Crippen LogP contribution in [0.4, 0.5) is 34.6 Å². The summed E-state index contributed by atoms with van der Waals surface area (Å²) in [4.78, 5) is 18.9. The fraction of sp³-hybridized carbons (Fsp3) is 0.0588. The maximum Gasteiger partial charge on any atom is 0.353 e. The third kappa shape index (κ3) is 3.78. The van der Waals surface area contributed by atoms with Crippen LogP contribution in [-0.2, 0) is 0 Å². The summed E-state index contributed by atoms with van der Waals surface area (Å²) in [5.41, 5.74) is 6.70. The molecule has 0 saturated heterocycles. The number of anilines is 5. The Morgan fingerprint density at radius 3 is 2.46 bits per heavy atom. The Balaban J connectivity index is 1.97. The number of rotatable bonds is 6. The van der Waals surface area contributed by atoms with Gasteiger partial charge in [-0.2, -0.15) is 9.97 Å². The summed E-state index contributed by atoms with van der Waals surface area (Å²) in [6.45, 7) is 0. The number of nitrogens with one attached hydrogen (secondary N) is 2. The van der Waals surface area contributed by atoms with E-state index in [0.717, 1.165) is 0 Å². The Labute approximate surface area is 149 Å². The molecule has 3 aromatic rings. The highest BCUT2D eigenvalue weighted by Crippen LogP contribution is 2.32. The van der Waals surface area contributed by atoms with Crippen LogP contribution >= 0.6 is 0 Å². The van der Waals surface area contributed by atoms with E-state index in [9.17, 15) is 10.1 Å². The molecule has 0 unspecified atom stereocenters. The number of nitrogens with zero attached hydrogens (tertiary/aromatic N) is 3. The van der Waals surface area contributed by atoms with Crippen molar-refractivity contribution in [1.29, 1.82) is 0 Å². The second kappa shape index (κ2) is 7.34. The van der Waals surface area contributed by atoms with Crippen LogP contribution in [0.1, 0.15) is 0 Å². The molecule has 0 radical (unpaired) electrons. The summed E-state index contributed by atoms with van der Waals surface area (Å²) in [7, 11) is 1.56. The lowest BCUT2D eigenvalue weighted by Crippen LogP contribution is -2.08. The van der Waals surface area contributed by atoms with Crippen molar-refractivity contribution in [3.8, 4) is 5.75 Å². The fourth-order valence-electron chi connectivity index (χ4n) is 2.28. The number of hydrogen-bond acceptors (Lipinski definition) is 8. The Morgan fingerprint density at radius 2 is 1.77 bits per heavy atom. The molecule has 0 spiro atoms. The van der Waals surface area contributed by atoms with Gasteiger partial charge in [0.15, 0.2) is 0 Å². The van der Waals surface area contributed by atoms with Gasteiger partial charge in [-0.1, -0.05) is 24.3 Å². The van der Waals surface area contributed by atoms with Crippen molar-refractivity contribution in [1.82, 2.24) is 9.97 Å². The van der Waals surface area contributed by atoms with E-state index in [1.165, 1.54) is 0 Å². The lowest BCUT2D eigenvalue weighted by atomic mass is 10.3. The lowest BCUT2D eigenvalue weighted by molar-refractivity contribution is -0.383. The van der Waals surface area contributed by atoms with Gasteiger partial charge in [0.1, 0.15) is 5.75 Å². The van der Waals surface area contributed by atoms with E-state index >= 15 is 0 Å². The van der Waals surface area contributed by atoms with Crippen molar-refractivity contribution < 1.29 is 9.66 Å². The Morgan fingerprint density at radius 1 is 1.04 bits per heavy atom. The maximum atomic E-state index is 11.4. The van der Waals surface area contributed by atoms with Gasteiger partial charge in [-0.3, -0.25) is 10.1 Å². The molecule has 9 heteroatoms. The number of benzene rings is 2. The Kier molecular flexibility index (Phi) is 4.79. The molecule has 0 aliphatic carbocycles. The zero-order valence-corrected chi connectivity index (χ0v) is 13.8. The van der Waals surface area contributed by atoms with Crippen molar-refractivity contribution in [2.45, 2.75) is 0 Å². The summed E-state index contributed by atoms with van der Waals surface area (Å²) < 4.78 is 5.16. The molecule has 4 N–H and O–H groups in total. The molecule has 0 atom stereocenters. The van der Waals surface area contributed by atoms with Crippen molar-refractivity contribution in [3.05, 3.63) is 64.7 Å². The van der Waals surface area contributed by atoms with Crippen LogP contribution in [0.3, 0.4) is 0 Å². The van der Waals surface area contributed by atoms with Gasteiger partial charge in [-0.05, 0) is 24.3 Å². The molecule has 1 heterocycles. The summed E-state index contributed by atoms with van der Waals surface area (Å²) >= 11 is 0. The fourth-order valence-corrected chi connectivity index (χ4v) is 2.28. The number of nitrogens with two attached hydrogens (primary N) is 1. The van der Waals surface area contributed by atoms with Gasteiger partial charge in [0, 0.05) is 17.4 Å². The molecule has 0 saturated carbocycles. The number of para-hydroxylation sites is 1. The highest BCUT2D eigenvalue weighted by atomic mass is 16.6. The van der Waals surface area contributed by atoms with Crippen LogP contribution in [-0.4, -0.2) is 22.0 Å². The number of hydrogen-bond donors (Lipinski definition) is 3. The molecule has 26 heavy (non-hydrogen) atoms. The predicted octanol–water partition coefficient (Wildman–Crippen LogP) is 3.46. The third-order valence-corrected chi connectivity index (χ3v) is 3.46. The number of ether oxygens (including phenoxy) is 1. The van der Waals surface area contributed by atoms with Gasteiger partial charge < -0.3 is 21.1 Å². The molecular formula is C17H16N6O3. The molecule has 0 amide bonds. The van der Waals surface area contributed by atoms with Crippen molar-refractivity contribution >= 4 is 34.6 Å². The van der Waals surface area contributed by atoms with Crippen LogP contribution in [0, 0.1) is 10.1 Å². The molecule has 3 rings (SSSR count). The number of methoxy groups -OCH3 is 1. The van der Waals surface area contributed by atoms with Gasteiger partial charge in [0.05, 0.1) is 12.0 Å². The van der Waals surface area contributed by atoms with Gasteiger partial charge in [0.2, 0.25) is 17.6 Å². The van der Waals surface area contributed by atoms with E-state index in [1.807, 2.05) is 6.07 Å². The van der Waals surface area contributed by atoms with E-state index in [2.05, 4.69) is 20.6 Å². The summed E-state index contributed by atoms with van der Waals surface area (Å²) in [6, 6.07) is 16.1. The van der Waals surface area contributed by atoms with Crippen LogP contribution in [0.5, 0.6) is 5.75 Å². The normalized spacial score (nSPS) is 10.2. The first kappa shape index (κ1) is 17.0. The largest absolute Gasteiger partial charge is 0.497 e. The minimum atomic E-state index is -0.615. The quantitative estimate of drug-likeness (QED) is 0.454. The highest BCUT2D eigenvalue weighted by Gasteiger charge is 2.23. The SMILES string of the molecule is COc1cccc(Nc2nc(N)c([N+](=O)[O-])c(Nc3ccccc3)n2)c1. The topological polar surface area (TPSA) is 128 Å². The second-order valence-electron chi connectivity index (χ2n) is 5.23. The van der Waals surface area contributed by atoms with Gasteiger partial charge in [-0.15, -0.1) is 0 Å². The second-order valence-corrected chi connectivity index (χ2v) is 5.23. The Hall–Kier alpha value is -3.88. The van der Waals surface area contributed by atoms with Gasteiger partial charge in [0.25, 0.3) is 0 Å². The first-order valence-corrected chi connectivity index (χ1v) is 7.62. The van der Waals surface area contributed by atoms with E-state index in [1.54, 1.807) is 55.6 Å². The summed E-state index contributed by atoms with van der Waals surface area (Å²) in [5.74, 6) is 0.528. The minimum absolute atomic E-state index is 0.000837. The molecule has 1 aromatic heterocycles. The van der Waals surface area contributed by atoms with Crippen LogP contribution in [0.15, 0.2) is 54.6 Å². The zero-order valence-electron chi connectivity index (χ0n) is 13.8. The van der Waals surface area contributed by atoms with Crippen molar-refractivity contribution in [3.63, 3.8) is 0 Å². The molecule has 0 aliphatic heterocycles. The zero-order chi connectivity index (χ0) is 18.5. The van der Waals surface area contributed by atoms with E-state index in [-0.39, 0.29) is 23.3 Å². The smallest absolute Gasteiger partial charge is 0.353 e. The minimum Gasteiger partial charge on any atom is -0.497 e. The van der Waals surface area contributed by atoms with Crippen LogP contribution < -0.4 is 21.1 Å². The molecule has 9 nitrogen and oxygen atoms in total. The number of aromatic nitrogens is 2. The molecular weight excluding hydrogens is 336 g/mol. The summed E-state index contributed by atoms with van der Waals surface area (Å²) in [6.07, 6.45) is 0. The lowest BCUT2D eigenvalue weighted by Gasteiger charge is -2.11. The highest BCUT2D eigenvalue weighted by molar-refractivity contribution is 5.75. The number of nitro groups is 1.